The summed E-state index contributed by atoms with van der Waals surface area (Å²) in [7, 11) is 0. The third kappa shape index (κ3) is 3.62. The standard InChI is InChI=1S/C13H12ClFN2O2/c14-13-16-5-4-12(17-13)10-8-9(2-3-11(10)15)19-7-1-6-18/h2-5,8,18H,1,6-7H2. The van der Waals surface area contributed by atoms with Gasteiger partial charge in [0.05, 0.1) is 12.3 Å². The Morgan fingerprint density at radius 1 is 1.32 bits per heavy atom. The second kappa shape index (κ2) is 6.45. The van der Waals surface area contributed by atoms with Crippen molar-refractivity contribution < 1.29 is 14.2 Å². The summed E-state index contributed by atoms with van der Waals surface area (Å²) in [6, 6.07) is 5.95. The van der Waals surface area contributed by atoms with E-state index in [9.17, 15) is 4.39 Å². The van der Waals surface area contributed by atoms with Gasteiger partial charge in [-0.1, -0.05) is 0 Å². The lowest BCUT2D eigenvalue weighted by molar-refractivity contribution is 0.233. The number of rotatable bonds is 5. The quantitative estimate of drug-likeness (QED) is 0.677. The molecule has 0 aliphatic rings. The minimum atomic E-state index is -0.413. The normalized spacial score (nSPS) is 10.5. The molecule has 1 aromatic heterocycles. The van der Waals surface area contributed by atoms with Crippen LogP contribution in [0.4, 0.5) is 4.39 Å². The molecule has 2 rings (SSSR count). The molecule has 0 spiro atoms. The highest BCUT2D eigenvalue weighted by Crippen LogP contribution is 2.26. The summed E-state index contributed by atoms with van der Waals surface area (Å²) in [5.74, 6) is 0.101. The Labute approximate surface area is 114 Å². The Kier molecular flexibility index (Phi) is 4.65. The van der Waals surface area contributed by atoms with Crippen molar-refractivity contribution in [3.05, 3.63) is 41.6 Å². The van der Waals surface area contributed by atoms with E-state index >= 15 is 0 Å². The van der Waals surface area contributed by atoms with E-state index < -0.39 is 5.82 Å². The molecule has 1 heterocycles. The zero-order valence-corrected chi connectivity index (χ0v) is 10.8. The molecule has 6 heteroatoms. The number of nitrogens with zero attached hydrogens (tertiary/aromatic N) is 2. The number of aromatic nitrogens is 2. The first-order valence-electron chi connectivity index (χ1n) is 5.73. The molecular weight excluding hydrogens is 271 g/mol. The van der Waals surface area contributed by atoms with Gasteiger partial charge in [-0.25, -0.2) is 14.4 Å². The van der Waals surface area contributed by atoms with Crippen molar-refractivity contribution in [3.63, 3.8) is 0 Å². The number of hydrogen-bond donors (Lipinski definition) is 1. The molecule has 1 aromatic carbocycles. The number of halogens is 2. The van der Waals surface area contributed by atoms with Crippen LogP contribution >= 0.6 is 11.6 Å². The molecule has 0 unspecified atom stereocenters. The first-order valence-corrected chi connectivity index (χ1v) is 6.10. The summed E-state index contributed by atoms with van der Waals surface area (Å²) < 4.78 is 19.2. The van der Waals surface area contributed by atoms with E-state index in [0.29, 0.717) is 30.0 Å². The highest BCUT2D eigenvalue weighted by molar-refractivity contribution is 6.28. The molecule has 100 valence electrons. The van der Waals surface area contributed by atoms with Crippen LogP contribution < -0.4 is 4.74 Å². The Morgan fingerprint density at radius 3 is 2.89 bits per heavy atom. The summed E-state index contributed by atoms with van der Waals surface area (Å²) in [4.78, 5) is 7.71. The Bertz CT molecular complexity index is 566. The van der Waals surface area contributed by atoms with Crippen molar-refractivity contribution in [1.29, 1.82) is 0 Å². The topological polar surface area (TPSA) is 55.2 Å². The second-order valence-corrected chi connectivity index (χ2v) is 4.12. The Hall–Kier alpha value is -1.72. The van der Waals surface area contributed by atoms with E-state index in [-0.39, 0.29) is 11.9 Å². The molecule has 4 nitrogen and oxygen atoms in total. The third-order valence-corrected chi connectivity index (χ3v) is 2.59. The van der Waals surface area contributed by atoms with E-state index in [2.05, 4.69) is 9.97 Å². The first-order chi connectivity index (χ1) is 9.20. The average molecular weight is 283 g/mol. The number of aliphatic hydroxyl groups excluding tert-OH is 1. The largest absolute Gasteiger partial charge is 0.493 e. The molecule has 0 atom stereocenters. The Morgan fingerprint density at radius 2 is 2.16 bits per heavy atom. The highest BCUT2D eigenvalue weighted by Gasteiger charge is 2.09. The van der Waals surface area contributed by atoms with Crippen molar-refractivity contribution in [2.75, 3.05) is 13.2 Å². The van der Waals surface area contributed by atoms with Crippen molar-refractivity contribution in [2.24, 2.45) is 0 Å². The number of ether oxygens (including phenoxy) is 1. The van der Waals surface area contributed by atoms with Crippen LogP contribution in [0, 0.1) is 5.82 Å². The molecule has 0 bridgehead atoms. The van der Waals surface area contributed by atoms with E-state index in [0.717, 1.165) is 0 Å². The van der Waals surface area contributed by atoms with Crippen LogP contribution in [-0.4, -0.2) is 28.3 Å². The van der Waals surface area contributed by atoms with Gasteiger partial charge in [0.15, 0.2) is 0 Å². The van der Waals surface area contributed by atoms with Gasteiger partial charge in [-0.3, -0.25) is 0 Å². The summed E-state index contributed by atoms with van der Waals surface area (Å²) >= 11 is 5.69. The average Bonchev–Trinajstić information content (AvgIpc) is 2.41. The van der Waals surface area contributed by atoms with Crippen molar-refractivity contribution in [2.45, 2.75) is 6.42 Å². The molecule has 0 aliphatic heterocycles. The Balaban J connectivity index is 2.26. The van der Waals surface area contributed by atoms with Crippen molar-refractivity contribution in [1.82, 2.24) is 9.97 Å². The maximum Gasteiger partial charge on any atom is 0.222 e. The van der Waals surface area contributed by atoms with Gasteiger partial charge in [-0.05, 0) is 35.9 Å². The molecule has 0 aliphatic carbocycles. The number of hydrogen-bond acceptors (Lipinski definition) is 4. The third-order valence-electron chi connectivity index (χ3n) is 2.41. The van der Waals surface area contributed by atoms with Crippen LogP contribution in [0.3, 0.4) is 0 Å². The minimum Gasteiger partial charge on any atom is -0.493 e. The number of benzene rings is 1. The van der Waals surface area contributed by atoms with Crippen molar-refractivity contribution in [3.8, 4) is 17.0 Å². The van der Waals surface area contributed by atoms with E-state index in [4.69, 9.17) is 21.4 Å². The van der Waals surface area contributed by atoms with Gasteiger partial charge in [-0.15, -0.1) is 0 Å². The van der Waals surface area contributed by atoms with Gasteiger partial charge in [-0.2, -0.15) is 0 Å². The maximum absolute atomic E-state index is 13.8. The van der Waals surface area contributed by atoms with E-state index in [1.807, 2.05) is 0 Å². The van der Waals surface area contributed by atoms with Crippen LogP contribution in [0.1, 0.15) is 6.42 Å². The highest BCUT2D eigenvalue weighted by atomic mass is 35.5. The summed E-state index contributed by atoms with van der Waals surface area (Å²) in [5, 5.41) is 8.74. The SMILES string of the molecule is OCCCOc1ccc(F)c(-c2ccnc(Cl)n2)c1. The van der Waals surface area contributed by atoms with Gasteiger partial charge >= 0.3 is 0 Å². The van der Waals surface area contributed by atoms with Gasteiger partial charge < -0.3 is 9.84 Å². The summed E-state index contributed by atoms with van der Waals surface area (Å²) in [6.45, 7) is 0.418. The predicted octanol–water partition coefficient (Wildman–Crippen LogP) is 2.70. The monoisotopic (exact) mass is 282 g/mol. The zero-order valence-electron chi connectivity index (χ0n) is 10.0. The van der Waals surface area contributed by atoms with Crippen LogP contribution in [0.2, 0.25) is 5.28 Å². The first kappa shape index (κ1) is 13.7. The smallest absolute Gasteiger partial charge is 0.222 e. The summed E-state index contributed by atoms with van der Waals surface area (Å²) in [5.41, 5.74) is 0.691. The fraction of sp³-hybridized carbons (Fsp3) is 0.231. The van der Waals surface area contributed by atoms with Crippen molar-refractivity contribution >= 4 is 11.6 Å². The summed E-state index contributed by atoms with van der Waals surface area (Å²) in [6.07, 6.45) is 1.98. The lowest BCUT2D eigenvalue weighted by atomic mass is 10.1. The lowest BCUT2D eigenvalue weighted by Gasteiger charge is -2.08. The lowest BCUT2D eigenvalue weighted by Crippen LogP contribution is -2.00. The zero-order chi connectivity index (χ0) is 13.7. The number of aliphatic hydroxyl groups is 1. The molecule has 0 saturated heterocycles. The molecule has 19 heavy (non-hydrogen) atoms. The molecule has 0 radical (unpaired) electrons. The van der Waals surface area contributed by atoms with Crippen LogP contribution in [0.25, 0.3) is 11.3 Å². The molecule has 1 N–H and O–H groups in total. The predicted molar refractivity (Wildman–Crippen MR) is 69.6 cm³/mol. The van der Waals surface area contributed by atoms with Gasteiger partial charge in [0, 0.05) is 24.8 Å². The molecule has 0 amide bonds. The van der Waals surface area contributed by atoms with Crippen LogP contribution in [0.15, 0.2) is 30.5 Å². The molecule has 2 aromatic rings. The fourth-order valence-electron chi connectivity index (χ4n) is 1.53. The second-order valence-electron chi connectivity index (χ2n) is 3.78. The minimum absolute atomic E-state index is 0.0512. The molecular formula is C13H12ClFN2O2. The van der Waals surface area contributed by atoms with Crippen LogP contribution in [-0.2, 0) is 0 Å². The molecule has 0 saturated carbocycles. The van der Waals surface area contributed by atoms with E-state index in [1.54, 1.807) is 12.1 Å². The maximum atomic E-state index is 13.8. The van der Waals surface area contributed by atoms with E-state index in [1.165, 1.54) is 18.3 Å². The molecule has 0 fully saturated rings. The van der Waals surface area contributed by atoms with Gasteiger partial charge in [0.2, 0.25) is 5.28 Å². The van der Waals surface area contributed by atoms with Crippen LogP contribution in [0.5, 0.6) is 5.75 Å². The fourth-order valence-corrected chi connectivity index (χ4v) is 1.68. The van der Waals surface area contributed by atoms with Gasteiger partial charge in [0.1, 0.15) is 11.6 Å². The van der Waals surface area contributed by atoms with Gasteiger partial charge in [0.25, 0.3) is 0 Å².